The molecule has 0 amide bonds. The van der Waals surface area contributed by atoms with E-state index in [2.05, 4.69) is 6.07 Å². The number of halogens is 2. The highest BCUT2D eigenvalue weighted by atomic mass is 35.5. The number of nitrogens with two attached hydrogens (primary N) is 1. The molecule has 5 nitrogen and oxygen atoms in total. The molecule has 0 saturated carbocycles. The number of carbonyl (C=O) groups is 1. The molecule has 0 aromatic heterocycles. The van der Waals surface area contributed by atoms with Crippen molar-refractivity contribution in [2.45, 2.75) is 53.1 Å². The number of allylic oxidation sites excluding steroid dienone is 3. The van der Waals surface area contributed by atoms with Crippen LogP contribution in [0, 0.1) is 36.4 Å². The first kappa shape index (κ1) is 27.5. The SMILES string of the molecule is Cc1cc(COc2ccccc2Cl)c(C)c(C2C(C#N)=C(N)N(c3ccc(F)cc3)C3=C2C(=O)CC(C)(C)C3)c1. The maximum atomic E-state index is 13.9. The molecule has 1 aliphatic carbocycles. The normalized spacial score (nSPS) is 18.5. The van der Waals surface area contributed by atoms with Crippen LogP contribution in [0.5, 0.6) is 5.75 Å². The summed E-state index contributed by atoms with van der Waals surface area (Å²) in [6.07, 6.45) is 0.931. The number of ketones is 1. The minimum Gasteiger partial charge on any atom is -0.487 e. The first-order valence-electron chi connectivity index (χ1n) is 13.2. The number of anilines is 1. The van der Waals surface area contributed by atoms with E-state index in [9.17, 15) is 14.4 Å². The Bertz CT molecular complexity index is 1620. The van der Waals surface area contributed by atoms with E-state index in [1.54, 1.807) is 23.1 Å². The van der Waals surface area contributed by atoms with Crippen molar-refractivity contribution < 1.29 is 13.9 Å². The molecule has 40 heavy (non-hydrogen) atoms. The van der Waals surface area contributed by atoms with Crippen LogP contribution < -0.4 is 15.4 Å². The van der Waals surface area contributed by atoms with Crippen LogP contribution in [0.1, 0.15) is 54.9 Å². The smallest absolute Gasteiger partial charge is 0.162 e. The fraction of sp³-hybridized carbons (Fsp3) is 0.273. The highest BCUT2D eigenvalue weighted by molar-refractivity contribution is 6.32. The fourth-order valence-electron chi connectivity index (χ4n) is 5.84. The quantitative estimate of drug-likeness (QED) is 0.350. The molecule has 2 aliphatic rings. The summed E-state index contributed by atoms with van der Waals surface area (Å²) in [6.45, 7) is 8.33. The Labute approximate surface area is 239 Å². The Balaban J connectivity index is 1.67. The lowest BCUT2D eigenvalue weighted by atomic mass is 9.68. The Kier molecular flexibility index (Phi) is 7.20. The first-order chi connectivity index (χ1) is 19.0. The van der Waals surface area contributed by atoms with E-state index in [4.69, 9.17) is 22.1 Å². The number of hydrogen-bond acceptors (Lipinski definition) is 5. The highest BCUT2D eigenvalue weighted by Crippen LogP contribution is 2.51. The first-order valence-corrected chi connectivity index (χ1v) is 13.6. The van der Waals surface area contributed by atoms with Gasteiger partial charge in [-0.2, -0.15) is 5.26 Å². The molecule has 1 unspecified atom stereocenters. The van der Waals surface area contributed by atoms with Gasteiger partial charge in [-0.15, -0.1) is 0 Å². The van der Waals surface area contributed by atoms with E-state index in [0.29, 0.717) is 40.4 Å². The van der Waals surface area contributed by atoms with Gasteiger partial charge in [-0.3, -0.25) is 9.69 Å². The van der Waals surface area contributed by atoms with Crippen molar-refractivity contribution in [1.82, 2.24) is 0 Å². The fourth-order valence-corrected chi connectivity index (χ4v) is 6.03. The van der Waals surface area contributed by atoms with Crippen LogP contribution >= 0.6 is 11.6 Å². The minimum atomic E-state index is -0.626. The van der Waals surface area contributed by atoms with Crippen LogP contribution in [0.15, 0.2) is 83.3 Å². The average Bonchev–Trinajstić information content (AvgIpc) is 2.89. The van der Waals surface area contributed by atoms with Gasteiger partial charge in [0.2, 0.25) is 0 Å². The van der Waals surface area contributed by atoms with Gasteiger partial charge < -0.3 is 10.5 Å². The summed E-state index contributed by atoms with van der Waals surface area (Å²) in [5.74, 6) is -0.190. The number of nitriles is 1. The zero-order valence-electron chi connectivity index (χ0n) is 23.0. The maximum Gasteiger partial charge on any atom is 0.162 e. The molecule has 0 bridgehead atoms. The molecule has 3 aromatic rings. The van der Waals surface area contributed by atoms with Crippen LogP contribution in [-0.2, 0) is 11.4 Å². The third-order valence-electron chi connectivity index (χ3n) is 7.70. The standard InChI is InChI=1S/C33H31ClFN3O2/c1-19-13-21(18-40-29-8-6-5-7-26(29)34)20(2)24(14-19)30-25(17-36)32(37)38(23-11-9-22(35)10-12-23)27-15-33(3,4)16-28(39)31(27)30/h5-14,30H,15-16,18,37H2,1-4H3. The summed E-state index contributed by atoms with van der Waals surface area (Å²) in [5, 5.41) is 11.0. The number of ether oxygens (including phenoxy) is 1. The zero-order chi connectivity index (χ0) is 28.8. The molecule has 0 radical (unpaired) electrons. The van der Waals surface area contributed by atoms with Crippen molar-refractivity contribution in [2.75, 3.05) is 4.90 Å². The number of carbonyl (C=O) groups excluding carboxylic acids is 1. The molecule has 0 spiro atoms. The molecule has 0 saturated heterocycles. The second-order valence-corrected chi connectivity index (χ2v) is 11.7. The lowest BCUT2D eigenvalue weighted by molar-refractivity contribution is -0.118. The van der Waals surface area contributed by atoms with Crippen molar-refractivity contribution in [3.63, 3.8) is 0 Å². The zero-order valence-corrected chi connectivity index (χ0v) is 23.8. The van der Waals surface area contributed by atoms with Gasteiger partial charge in [0, 0.05) is 23.4 Å². The van der Waals surface area contributed by atoms with Gasteiger partial charge in [0.15, 0.2) is 5.78 Å². The summed E-state index contributed by atoms with van der Waals surface area (Å²) in [6, 6.07) is 19.6. The molecule has 3 aromatic carbocycles. The van der Waals surface area contributed by atoms with Gasteiger partial charge >= 0.3 is 0 Å². The highest BCUT2D eigenvalue weighted by Gasteiger charge is 2.45. The lowest BCUT2D eigenvalue weighted by Gasteiger charge is -2.44. The molecule has 1 aliphatic heterocycles. The number of Topliss-reactive ketones (excluding diaryl/α,β-unsaturated/α-hetero) is 1. The summed E-state index contributed by atoms with van der Waals surface area (Å²) >= 11 is 6.31. The molecule has 2 N–H and O–H groups in total. The predicted molar refractivity (Wildman–Crippen MR) is 155 cm³/mol. The minimum absolute atomic E-state index is 0.0154. The number of hydrogen-bond donors (Lipinski definition) is 1. The van der Waals surface area contributed by atoms with Gasteiger partial charge in [0.25, 0.3) is 0 Å². The third-order valence-corrected chi connectivity index (χ3v) is 8.01. The van der Waals surface area contributed by atoms with E-state index in [-0.39, 0.29) is 29.4 Å². The molecular weight excluding hydrogens is 525 g/mol. The maximum absolute atomic E-state index is 13.9. The number of aryl methyl sites for hydroxylation is 1. The Morgan fingerprint density at radius 3 is 2.50 bits per heavy atom. The van der Waals surface area contributed by atoms with Crippen LogP contribution in [0.3, 0.4) is 0 Å². The van der Waals surface area contributed by atoms with E-state index >= 15 is 0 Å². The summed E-state index contributed by atoms with van der Waals surface area (Å²) in [4.78, 5) is 15.7. The number of nitrogens with zero attached hydrogens (tertiary/aromatic N) is 2. The average molecular weight is 556 g/mol. The van der Waals surface area contributed by atoms with Crippen LogP contribution in [-0.4, -0.2) is 5.78 Å². The molecule has 0 fully saturated rings. The van der Waals surface area contributed by atoms with Gasteiger partial charge in [0.05, 0.1) is 22.6 Å². The summed E-state index contributed by atoms with van der Waals surface area (Å²) in [5.41, 5.74) is 12.3. The van der Waals surface area contributed by atoms with E-state index in [0.717, 1.165) is 28.0 Å². The van der Waals surface area contributed by atoms with Gasteiger partial charge in [-0.05, 0) is 78.8 Å². The van der Waals surface area contributed by atoms with Crippen molar-refractivity contribution in [3.05, 3.63) is 116 Å². The van der Waals surface area contributed by atoms with Crippen molar-refractivity contribution >= 4 is 23.1 Å². The van der Waals surface area contributed by atoms with E-state index < -0.39 is 5.92 Å². The lowest BCUT2D eigenvalue weighted by Crippen LogP contribution is -2.42. The van der Waals surface area contributed by atoms with Crippen molar-refractivity contribution in [3.8, 4) is 11.8 Å². The van der Waals surface area contributed by atoms with Gasteiger partial charge in [-0.1, -0.05) is 55.3 Å². The molecule has 204 valence electrons. The van der Waals surface area contributed by atoms with E-state index in [1.807, 2.05) is 58.0 Å². The molecule has 5 rings (SSSR count). The van der Waals surface area contributed by atoms with Crippen LogP contribution in [0.4, 0.5) is 10.1 Å². The van der Waals surface area contributed by atoms with Crippen LogP contribution in [0.25, 0.3) is 0 Å². The van der Waals surface area contributed by atoms with Gasteiger partial charge in [0.1, 0.15) is 24.0 Å². The monoisotopic (exact) mass is 555 g/mol. The third kappa shape index (κ3) is 4.98. The molecule has 1 atom stereocenters. The Hall–Kier alpha value is -4.08. The van der Waals surface area contributed by atoms with Crippen molar-refractivity contribution in [1.29, 1.82) is 5.26 Å². The topological polar surface area (TPSA) is 79.3 Å². The Morgan fingerprint density at radius 1 is 1.12 bits per heavy atom. The largest absolute Gasteiger partial charge is 0.487 e. The second kappa shape index (κ2) is 10.5. The van der Waals surface area contributed by atoms with Crippen LogP contribution in [0.2, 0.25) is 5.02 Å². The summed E-state index contributed by atoms with van der Waals surface area (Å²) < 4.78 is 19.9. The number of para-hydroxylation sites is 1. The second-order valence-electron chi connectivity index (χ2n) is 11.3. The molecule has 7 heteroatoms. The predicted octanol–water partition coefficient (Wildman–Crippen LogP) is 7.62. The number of rotatable bonds is 5. The Morgan fingerprint density at radius 2 is 1.82 bits per heavy atom. The van der Waals surface area contributed by atoms with Crippen molar-refractivity contribution in [2.24, 2.45) is 11.1 Å². The number of benzene rings is 3. The van der Waals surface area contributed by atoms with Gasteiger partial charge in [-0.25, -0.2) is 4.39 Å². The molecular formula is C33H31ClFN3O2. The summed E-state index contributed by atoms with van der Waals surface area (Å²) in [7, 11) is 0. The molecule has 1 heterocycles. The van der Waals surface area contributed by atoms with E-state index in [1.165, 1.54) is 12.1 Å².